The smallest absolute Gasteiger partial charge is 0.211 e. The standard InChI is InChI=1S/C34H52N18O2/c1-19(45-49-31(35)36)23-13-24(20(2)46-50-32(37)38)16-27(15-23)43-29(47-51-33(39)40)11-9-7-5-6-8-10-12-30(48-52-34(41)42)44-28-17-25(21(3)53)14-26(18-28)22(4)54/h13-18H,5-12H2,1-4H3,(H,43,47)(H,44,48)(H4,35,36,49)(H4,37,38,50)(H4,39,40,51)(H4,41,42,52). The summed E-state index contributed by atoms with van der Waals surface area (Å²) in [4.78, 5) is 33.5. The third-order valence-electron chi connectivity index (χ3n) is 7.35. The van der Waals surface area contributed by atoms with E-state index in [0.29, 0.717) is 69.6 Å². The average molecular weight is 745 g/mol. The zero-order valence-electron chi connectivity index (χ0n) is 31.1. The van der Waals surface area contributed by atoms with Crippen molar-refractivity contribution in [2.24, 2.45) is 86.5 Å². The third-order valence-corrected chi connectivity index (χ3v) is 7.35. The van der Waals surface area contributed by atoms with Crippen LogP contribution in [0.5, 0.6) is 0 Å². The van der Waals surface area contributed by atoms with Crippen LogP contribution in [-0.4, -0.2) is 58.5 Å². The summed E-state index contributed by atoms with van der Waals surface area (Å²) in [6.45, 7) is 6.35. The minimum absolute atomic E-state index is 0.152. The van der Waals surface area contributed by atoms with Crippen molar-refractivity contribution in [3.8, 4) is 0 Å². The lowest BCUT2D eigenvalue weighted by Crippen LogP contribution is -2.29. The van der Waals surface area contributed by atoms with Gasteiger partial charge in [-0.2, -0.15) is 10.2 Å². The van der Waals surface area contributed by atoms with Crippen LogP contribution in [0.1, 0.15) is 111 Å². The number of nitrogens with zero attached hydrogens (tertiary/aromatic N) is 8. The fourth-order valence-corrected chi connectivity index (χ4v) is 4.69. The van der Waals surface area contributed by atoms with Gasteiger partial charge in [0, 0.05) is 35.1 Å². The normalized spacial score (nSPS) is 12.0. The van der Waals surface area contributed by atoms with Crippen molar-refractivity contribution in [3.63, 3.8) is 0 Å². The predicted octanol–water partition coefficient (Wildman–Crippen LogP) is 1.52. The van der Waals surface area contributed by atoms with Crippen molar-refractivity contribution in [2.75, 3.05) is 0 Å². The maximum Gasteiger partial charge on any atom is 0.211 e. The number of carbonyl (C=O) groups excluding carboxylic acids is 2. The second kappa shape index (κ2) is 22.2. The molecule has 20 nitrogen and oxygen atoms in total. The van der Waals surface area contributed by atoms with Gasteiger partial charge in [0.1, 0.15) is 11.7 Å². The van der Waals surface area contributed by atoms with E-state index in [0.717, 1.165) is 38.5 Å². The molecule has 54 heavy (non-hydrogen) atoms. The number of amidine groups is 2. The van der Waals surface area contributed by atoms with E-state index in [9.17, 15) is 9.59 Å². The number of guanidine groups is 4. The molecular formula is C34H52N18O2. The lowest BCUT2D eigenvalue weighted by atomic mass is 10.0. The molecule has 0 aromatic heterocycles. The monoisotopic (exact) mass is 744 g/mol. The van der Waals surface area contributed by atoms with Crippen LogP contribution in [-0.2, 0) is 0 Å². The van der Waals surface area contributed by atoms with Crippen LogP contribution < -0.4 is 56.7 Å². The number of rotatable bonds is 19. The number of aliphatic imine (C=N–C) groups is 2. The van der Waals surface area contributed by atoms with Crippen molar-refractivity contribution in [1.29, 1.82) is 0 Å². The number of hydrazone groups is 2. The van der Waals surface area contributed by atoms with Gasteiger partial charge < -0.3 is 45.9 Å². The minimum atomic E-state index is -0.185. The molecule has 18 N–H and O–H groups in total. The molecule has 0 bridgehead atoms. The number of nitrogens with two attached hydrogens (primary N) is 8. The number of carbonyl (C=O) groups is 2. The highest BCUT2D eigenvalue weighted by Crippen LogP contribution is 2.22. The summed E-state index contributed by atoms with van der Waals surface area (Å²) in [5.74, 6) is -0.0163. The Kier molecular flexibility index (Phi) is 17.8. The molecule has 0 unspecified atom stereocenters. The Balaban J connectivity index is 2.15. The summed E-state index contributed by atoms with van der Waals surface area (Å²) in [7, 11) is 0. The number of unbranched alkanes of at least 4 members (excludes halogenated alkanes) is 5. The summed E-state index contributed by atoms with van der Waals surface area (Å²) >= 11 is 0. The molecule has 0 aliphatic heterocycles. The molecule has 0 radical (unpaired) electrons. The third kappa shape index (κ3) is 16.9. The molecule has 0 aliphatic carbocycles. The zero-order valence-corrected chi connectivity index (χ0v) is 31.1. The second-order valence-corrected chi connectivity index (χ2v) is 12.1. The minimum Gasteiger partial charge on any atom is -0.369 e. The maximum atomic E-state index is 12.0. The molecule has 20 heteroatoms. The average Bonchev–Trinajstić information content (AvgIpc) is 3.10. The Morgan fingerprint density at radius 3 is 1.13 bits per heavy atom. The van der Waals surface area contributed by atoms with E-state index in [1.165, 1.54) is 13.8 Å². The fourth-order valence-electron chi connectivity index (χ4n) is 4.69. The highest BCUT2D eigenvalue weighted by Gasteiger charge is 2.11. The largest absolute Gasteiger partial charge is 0.369 e. The van der Waals surface area contributed by atoms with E-state index >= 15 is 0 Å². The summed E-state index contributed by atoms with van der Waals surface area (Å²) in [5.41, 5.74) is 53.8. The molecule has 290 valence electrons. The topological polar surface area (TPSA) is 365 Å². The van der Waals surface area contributed by atoms with Gasteiger partial charge in [-0.05, 0) is 76.9 Å². The van der Waals surface area contributed by atoms with Crippen LogP contribution in [0.4, 0.5) is 11.4 Å². The van der Waals surface area contributed by atoms with Gasteiger partial charge in [-0.3, -0.25) is 20.4 Å². The number of ketones is 2. The van der Waals surface area contributed by atoms with E-state index < -0.39 is 0 Å². The lowest BCUT2D eigenvalue weighted by molar-refractivity contribution is 0.101. The van der Waals surface area contributed by atoms with Crippen molar-refractivity contribution in [1.82, 2.24) is 10.9 Å². The second-order valence-electron chi connectivity index (χ2n) is 12.1. The van der Waals surface area contributed by atoms with Crippen LogP contribution in [0.15, 0.2) is 77.0 Å². The number of hydrogen-bond acceptors (Lipinski definition) is 10. The number of hydrogen-bond donors (Lipinski definition) is 10. The number of Topliss-reactive ketones (excluding diaryl/α,β-unsaturated/α-hetero) is 2. The molecular weight excluding hydrogens is 692 g/mol. The van der Waals surface area contributed by atoms with Crippen LogP contribution in [0.3, 0.4) is 0 Å². The van der Waals surface area contributed by atoms with Gasteiger partial charge in [0.05, 0.1) is 22.8 Å². The van der Waals surface area contributed by atoms with Crippen molar-refractivity contribution >= 4 is 69.9 Å². The lowest BCUT2D eigenvalue weighted by Gasteiger charge is -2.10. The number of nitrogens with one attached hydrogen (secondary N) is 2. The van der Waals surface area contributed by atoms with Gasteiger partial charge >= 0.3 is 0 Å². The SMILES string of the molecule is CC(=O)c1cc(N=C(CCCCCCCCC(=Nc2cc(C(C)=NN=C(N)N)cc(C(C)=NN=C(N)N)c2)NN=C(N)N)NN=C(N)N)cc(C(C)=O)c1. The molecule has 0 fully saturated rings. The van der Waals surface area contributed by atoms with Crippen molar-refractivity contribution in [2.45, 2.75) is 79.1 Å². The Hall–Kier alpha value is -6.86. The molecule has 0 amide bonds. The highest BCUT2D eigenvalue weighted by molar-refractivity contribution is 6.05. The predicted molar refractivity (Wildman–Crippen MR) is 218 cm³/mol. The molecule has 0 spiro atoms. The first-order valence-electron chi connectivity index (χ1n) is 17.0. The summed E-state index contributed by atoms with van der Waals surface area (Å²) in [6, 6.07) is 10.2. The van der Waals surface area contributed by atoms with Gasteiger partial charge in [0.2, 0.25) is 23.8 Å². The summed E-state index contributed by atoms with van der Waals surface area (Å²) in [6.07, 6.45) is 6.35. The van der Waals surface area contributed by atoms with Crippen LogP contribution >= 0.6 is 0 Å². The Bertz CT molecular complexity index is 1790. The molecule has 0 aliphatic rings. The van der Waals surface area contributed by atoms with E-state index in [2.05, 4.69) is 46.5 Å². The maximum absolute atomic E-state index is 12.0. The first-order chi connectivity index (χ1) is 25.5. The number of benzene rings is 2. The van der Waals surface area contributed by atoms with Gasteiger partial charge in [-0.15, -0.1) is 20.4 Å². The van der Waals surface area contributed by atoms with Gasteiger partial charge in [-0.1, -0.05) is 25.7 Å². The Morgan fingerprint density at radius 2 is 0.796 bits per heavy atom. The highest BCUT2D eigenvalue weighted by atomic mass is 16.1. The quantitative estimate of drug-likeness (QED) is 0.0322. The molecule has 0 heterocycles. The molecule has 2 rings (SSSR count). The van der Waals surface area contributed by atoms with Crippen LogP contribution in [0.2, 0.25) is 0 Å². The van der Waals surface area contributed by atoms with Crippen LogP contribution in [0.25, 0.3) is 0 Å². The Morgan fingerprint density at radius 1 is 0.463 bits per heavy atom. The first kappa shape index (κ1) is 43.3. The van der Waals surface area contributed by atoms with Crippen LogP contribution in [0, 0.1) is 0 Å². The molecule has 2 aromatic carbocycles. The van der Waals surface area contributed by atoms with E-state index in [1.807, 2.05) is 6.07 Å². The van der Waals surface area contributed by atoms with Gasteiger partial charge in [0.15, 0.2) is 11.6 Å². The van der Waals surface area contributed by atoms with Gasteiger partial charge in [0.25, 0.3) is 0 Å². The van der Waals surface area contributed by atoms with E-state index in [1.54, 1.807) is 44.2 Å². The summed E-state index contributed by atoms with van der Waals surface area (Å²) < 4.78 is 0. The molecule has 0 saturated heterocycles. The summed E-state index contributed by atoms with van der Waals surface area (Å²) in [5, 5.41) is 23.5. The van der Waals surface area contributed by atoms with E-state index in [-0.39, 0.29) is 35.4 Å². The van der Waals surface area contributed by atoms with Crippen molar-refractivity contribution in [3.05, 3.63) is 58.7 Å². The fraction of sp³-hybridized carbons (Fsp3) is 0.353. The molecule has 0 saturated carbocycles. The Labute approximate surface area is 314 Å². The molecule has 2 aromatic rings. The van der Waals surface area contributed by atoms with E-state index in [4.69, 9.17) is 50.9 Å². The van der Waals surface area contributed by atoms with Crippen molar-refractivity contribution < 1.29 is 9.59 Å². The molecule has 0 atom stereocenters. The first-order valence-corrected chi connectivity index (χ1v) is 17.0. The zero-order chi connectivity index (χ0) is 40.2. The van der Waals surface area contributed by atoms with Gasteiger partial charge in [-0.25, -0.2) is 9.98 Å².